The number of anilines is 1. The highest BCUT2D eigenvalue weighted by atomic mass is 32.2. The summed E-state index contributed by atoms with van der Waals surface area (Å²) in [5.74, 6) is 0.155. The number of benzene rings is 3. The van der Waals surface area contributed by atoms with Crippen LogP contribution in [0.4, 0.5) is 18.9 Å². The minimum Gasteiger partial charge on any atom is -0.325 e. The van der Waals surface area contributed by atoms with E-state index in [4.69, 9.17) is 0 Å². The highest BCUT2D eigenvalue weighted by molar-refractivity contribution is 8.00. The number of nitrogens with one attached hydrogen (secondary N) is 2. The number of carbonyl (C=O) groups is 1. The van der Waals surface area contributed by atoms with Crippen molar-refractivity contribution in [1.29, 1.82) is 0 Å². The molecule has 2 N–H and O–H groups in total. The van der Waals surface area contributed by atoms with Crippen molar-refractivity contribution in [3.8, 4) is 11.4 Å². The molecule has 6 nitrogen and oxygen atoms in total. The Balaban J connectivity index is 1.48. The number of hydrogen-bond donors (Lipinski definition) is 2. The van der Waals surface area contributed by atoms with E-state index in [1.165, 1.54) is 23.9 Å². The molecular formula is C24H18F3N5OS. The lowest BCUT2D eigenvalue weighted by atomic mass is 10.0. The van der Waals surface area contributed by atoms with E-state index in [1.54, 1.807) is 4.68 Å². The van der Waals surface area contributed by atoms with Crippen LogP contribution in [0.15, 0.2) is 90.1 Å². The number of carbonyl (C=O) groups excluding carboxylic acids is 1. The number of amides is 1. The summed E-state index contributed by atoms with van der Waals surface area (Å²) in [4.78, 5) is 13.3. The molecule has 1 amide bonds. The quantitative estimate of drug-likeness (QED) is 0.411. The number of rotatable bonds is 4. The van der Waals surface area contributed by atoms with Gasteiger partial charge in [-0.2, -0.15) is 13.2 Å². The van der Waals surface area contributed by atoms with E-state index in [0.29, 0.717) is 11.0 Å². The molecule has 0 spiro atoms. The molecule has 2 atom stereocenters. The van der Waals surface area contributed by atoms with Crippen LogP contribution in [0.3, 0.4) is 0 Å². The summed E-state index contributed by atoms with van der Waals surface area (Å²) in [6, 6.07) is 23.0. The summed E-state index contributed by atoms with van der Waals surface area (Å²) in [5, 5.41) is 10.9. The molecule has 10 heteroatoms. The van der Waals surface area contributed by atoms with Crippen molar-refractivity contribution in [1.82, 2.24) is 14.9 Å². The smallest absolute Gasteiger partial charge is 0.325 e. The van der Waals surface area contributed by atoms with Crippen LogP contribution in [-0.2, 0) is 11.0 Å². The van der Waals surface area contributed by atoms with Gasteiger partial charge in [0.2, 0.25) is 11.1 Å². The van der Waals surface area contributed by atoms with Crippen molar-refractivity contribution >= 4 is 23.4 Å². The molecule has 0 bridgehead atoms. The Morgan fingerprint density at radius 1 is 0.941 bits per heavy atom. The van der Waals surface area contributed by atoms with Crippen molar-refractivity contribution in [3.05, 3.63) is 96.1 Å². The molecule has 3 aromatic carbocycles. The molecule has 0 radical (unpaired) electrons. The Morgan fingerprint density at radius 2 is 1.65 bits per heavy atom. The first-order valence-corrected chi connectivity index (χ1v) is 11.3. The average Bonchev–Trinajstić information content (AvgIpc) is 3.27. The van der Waals surface area contributed by atoms with Gasteiger partial charge < -0.3 is 10.7 Å². The largest absolute Gasteiger partial charge is 0.416 e. The molecule has 0 fully saturated rings. The zero-order valence-electron chi connectivity index (χ0n) is 17.5. The van der Waals surface area contributed by atoms with Gasteiger partial charge in [0.15, 0.2) is 5.82 Å². The molecule has 0 saturated heterocycles. The monoisotopic (exact) mass is 481 g/mol. The first-order chi connectivity index (χ1) is 16.4. The second kappa shape index (κ2) is 8.86. The molecule has 5 rings (SSSR count). The molecule has 34 heavy (non-hydrogen) atoms. The summed E-state index contributed by atoms with van der Waals surface area (Å²) in [6.07, 6.45) is -4.50. The van der Waals surface area contributed by atoms with Crippen LogP contribution in [0.25, 0.3) is 11.4 Å². The normalized spacial score (nSPS) is 17.5. The Labute approximate surface area is 197 Å². The van der Waals surface area contributed by atoms with Gasteiger partial charge in [0, 0.05) is 11.3 Å². The third-order valence-electron chi connectivity index (χ3n) is 5.34. The second-order valence-electron chi connectivity index (χ2n) is 7.63. The number of thioether (sulfide) groups is 1. The number of alkyl halides is 3. The molecule has 0 aliphatic carbocycles. The van der Waals surface area contributed by atoms with Crippen molar-refractivity contribution in [2.45, 2.75) is 22.6 Å². The summed E-state index contributed by atoms with van der Waals surface area (Å²) in [7, 11) is 0. The highest BCUT2D eigenvalue weighted by Crippen LogP contribution is 2.39. The van der Waals surface area contributed by atoms with Crippen LogP contribution in [0.1, 0.15) is 17.2 Å². The SMILES string of the molecule is O=C(Nc1cccc(C(F)(F)F)c1)C1Sc2nnc(-c3ccccc3)n2NC1c1ccccc1. The van der Waals surface area contributed by atoms with E-state index < -0.39 is 28.9 Å². The van der Waals surface area contributed by atoms with Gasteiger partial charge in [-0.05, 0) is 23.8 Å². The lowest BCUT2D eigenvalue weighted by Gasteiger charge is -2.33. The molecule has 2 unspecified atom stereocenters. The van der Waals surface area contributed by atoms with Crippen LogP contribution in [0, 0.1) is 0 Å². The molecule has 1 aromatic heterocycles. The van der Waals surface area contributed by atoms with Crippen LogP contribution in [0.5, 0.6) is 0 Å². The maximum atomic E-state index is 13.3. The standard InChI is InChI=1S/C24H18F3N5OS/c25-24(26,27)17-12-7-13-18(14-17)28-22(33)20-19(15-8-3-1-4-9-15)31-32-21(29-30-23(32)34-20)16-10-5-2-6-11-16/h1-14,19-20,31H,(H,28,33). The fraction of sp³-hybridized carbons (Fsp3) is 0.125. The van der Waals surface area contributed by atoms with Gasteiger partial charge in [0.05, 0.1) is 11.6 Å². The van der Waals surface area contributed by atoms with E-state index in [2.05, 4.69) is 20.9 Å². The van der Waals surface area contributed by atoms with E-state index in [0.717, 1.165) is 23.3 Å². The highest BCUT2D eigenvalue weighted by Gasteiger charge is 2.38. The summed E-state index contributed by atoms with van der Waals surface area (Å²) in [6.45, 7) is 0. The average molecular weight is 482 g/mol. The van der Waals surface area contributed by atoms with Crippen molar-refractivity contribution in [2.75, 3.05) is 10.7 Å². The fourth-order valence-electron chi connectivity index (χ4n) is 3.73. The predicted molar refractivity (Wildman–Crippen MR) is 124 cm³/mol. The zero-order chi connectivity index (χ0) is 23.7. The number of aromatic nitrogens is 3. The maximum Gasteiger partial charge on any atom is 0.416 e. The Kier molecular flexibility index (Phi) is 5.74. The molecule has 0 saturated carbocycles. The van der Waals surface area contributed by atoms with E-state index >= 15 is 0 Å². The summed E-state index contributed by atoms with van der Waals surface area (Å²) < 4.78 is 41.1. The van der Waals surface area contributed by atoms with Gasteiger partial charge in [-0.25, -0.2) is 4.68 Å². The minimum absolute atomic E-state index is 0.0734. The van der Waals surface area contributed by atoms with Gasteiger partial charge in [0.25, 0.3) is 0 Å². The molecule has 4 aromatic rings. The van der Waals surface area contributed by atoms with Crippen molar-refractivity contribution in [2.24, 2.45) is 0 Å². The van der Waals surface area contributed by atoms with Gasteiger partial charge in [-0.3, -0.25) is 4.79 Å². The number of hydrogen-bond acceptors (Lipinski definition) is 5. The number of halogens is 3. The van der Waals surface area contributed by atoms with Crippen LogP contribution >= 0.6 is 11.8 Å². The summed E-state index contributed by atoms with van der Waals surface area (Å²) in [5.41, 5.74) is 4.29. The molecule has 1 aliphatic rings. The Hall–Kier alpha value is -3.79. The van der Waals surface area contributed by atoms with Crippen LogP contribution in [0.2, 0.25) is 0 Å². The molecule has 2 heterocycles. The Bertz CT molecular complexity index is 1310. The van der Waals surface area contributed by atoms with Crippen LogP contribution < -0.4 is 10.7 Å². The number of nitrogens with zero attached hydrogens (tertiary/aromatic N) is 3. The molecule has 1 aliphatic heterocycles. The van der Waals surface area contributed by atoms with E-state index in [9.17, 15) is 18.0 Å². The number of fused-ring (bicyclic) bond motifs is 1. The van der Waals surface area contributed by atoms with Crippen molar-refractivity contribution < 1.29 is 18.0 Å². The van der Waals surface area contributed by atoms with E-state index in [-0.39, 0.29) is 5.69 Å². The van der Waals surface area contributed by atoms with Gasteiger partial charge in [0.1, 0.15) is 5.25 Å². The first-order valence-electron chi connectivity index (χ1n) is 10.4. The van der Waals surface area contributed by atoms with Crippen LogP contribution in [-0.4, -0.2) is 26.0 Å². The Morgan fingerprint density at radius 3 is 2.35 bits per heavy atom. The third-order valence-corrected chi connectivity index (χ3v) is 6.56. The lowest BCUT2D eigenvalue weighted by molar-refractivity contribution is -0.137. The van der Waals surface area contributed by atoms with Crippen molar-refractivity contribution in [3.63, 3.8) is 0 Å². The molecule has 172 valence electrons. The zero-order valence-corrected chi connectivity index (χ0v) is 18.3. The first kappa shape index (κ1) is 22.0. The fourth-order valence-corrected chi connectivity index (χ4v) is 4.81. The molecular weight excluding hydrogens is 463 g/mol. The topological polar surface area (TPSA) is 71.8 Å². The van der Waals surface area contributed by atoms with Gasteiger partial charge >= 0.3 is 6.18 Å². The third kappa shape index (κ3) is 4.36. The van der Waals surface area contributed by atoms with Gasteiger partial charge in [-0.15, -0.1) is 10.2 Å². The minimum atomic E-state index is -4.50. The summed E-state index contributed by atoms with van der Waals surface area (Å²) >= 11 is 1.21. The second-order valence-corrected chi connectivity index (χ2v) is 8.74. The van der Waals surface area contributed by atoms with Gasteiger partial charge in [-0.1, -0.05) is 78.5 Å². The predicted octanol–water partition coefficient (Wildman–Crippen LogP) is 5.36. The maximum absolute atomic E-state index is 13.3. The van der Waals surface area contributed by atoms with E-state index in [1.807, 2.05) is 60.7 Å². The lowest BCUT2D eigenvalue weighted by Crippen LogP contribution is -2.41.